The molecule has 154 valence electrons. The summed E-state index contributed by atoms with van der Waals surface area (Å²) in [5.74, 6) is 0.0496. The van der Waals surface area contributed by atoms with Crippen molar-refractivity contribution in [2.45, 2.75) is 12.5 Å². The predicted molar refractivity (Wildman–Crippen MR) is 106 cm³/mol. The van der Waals surface area contributed by atoms with Crippen LogP contribution in [-0.4, -0.2) is 39.2 Å². The van der Waals surface area contributed by atoms with E-state index < -0.39 is 11.9 Å². The molecule has 1 amide bonds. The van der Waals surface area contributed by atoms with Crippen molar-refractivity contribution in [3.8, 4) is 22.8 Å². The minimum atomic E-state index is -1.30. The number of aromatic nitrogens is 3. The molecule has 1 N–H and O–H groups in total. The molecule has 0 unspecified atom stereocenters. The van der Waals surface area contributed by atoms with Crippen LogP contribution >= 0.6 is 11.6 Å². The smallest absolute Gasteiger partial charge is 0.413 e. The number of ether oxygens (including phenoxy) is 2. The number of pyridine rings is 1. The van der Waals surface area contributed by atoms with Crippen molar-refractivity contribution < 1.29 is 23.8 Å². The highest BCUT2D eigenvalue weighted by Crippen LogP contribution is 2.43. The Balaban J connectivity index is 1.69. The number of hydrogen-bond acceptors (Lipinski definition) is 5. The Morgan fingerprint density at radius 3 is 2.73 bits per heavy atom. The number of carboxylic acid groups (broad SMARTS) is 1. The molecule has 3 aromatic rings. The lowest BCUT2D eigenvalue weighted by molar-refractivity contribution is 0.200. The molecular formula is C20H16ClFN4O4. The summed E-state index contributed by atoms with van der Waals surface area (Å²) in [4.78, 5) is 17.3. The van der Waals surface area contributed by atoms with Gasteiger partial charge in [-0.25, -0.2) is 14.2 Å². The third-order valence-electron chi connectivity index (χ3n) is 5.37. The minimum Gasteiger partial charge on any atom is -0.493 e. The molecule has 8 nitrogen and oxygen atoms in total. The highest BCUT2D eigenvalue weighted by atomic mass is 35.5. The molecule has 2 aromatic heterocycles. The van der Waals surface area contributed by atoms with E-state index in [0.717, 1.165) is 4.90 Å². The van der Waals surface area contributed by atoms with Gasteiger partial charge in [0.05, 0.1) is 31.4 Å². The Bertz CT molecular complexity index is 1180. The minimum absolute atomic E-state index is 0.0105. The monoisotopic (exact) mass is 430 g/mol. The Morgan fingerprint density at radius 1 is 1.27 bits per heavy atom. The van der Waals surface area contributed by atoms with Crippen molar-refractivity contribution in [2.75, 3.05) is 18.1 Å². The van der Waals surface area contributed by atoms with E-state index in [1.807, 2.05) is 0 Å². The van der Waals surface area contributed by atoms with Gasteiger partial charge in [0.25, 0.3) is 0 Å². The molecule has 0 bridgehead atoms. The summed E-state index contributed by atoms with van der Waals surface area (Å²) >= 11 is 6.40. The van der Waals surface area contributed by atoms with Gasteiger partial charge in [0, 0.05) is 29.9 Å². The van der Waals surface area contributed by atoms with Gasteiger partial charge in [-0.2, -0.15) is 5.10 Å². The number of carbonyl (C=O) groups is 1. The van der Waals surface area contributed by atoms with E-state index in [2.05, 4.69) is 10.1 Å². The third-order valence-corrected chi connectivity index (χ3v) is 5.66. The van der Waals surface area contributed by atoms with Gasteiger partial charge in [0.15, 0.2) is 11.6 Å². The summed E-state index contributed by atoms with van der Waals surface area (Å²) in [5.41, 5.74) is 2.13. The number of amides is 1. The molecule has 0 spiro atoms. The number of aryl methyl sites for hydroxylation is 1. The van der Waals surface area contributed by atoms with Crippen LogP contribution in [0.3, 0.4) is 0 Å². The summed E-state index contributed by atoms with van der Waals surface area (Å²) in [6.45, 7) is 0.261. The quantitative estimate of drug-likeness (QED) is 0.590. The van der Waals surface area contributed by atoms with Crippen LogP contribution < -0.4 is 14.4 Å². The van der Waals surface area contributed by atoms with Crippen LogP contribution in [0.2, 0.25) is 5.15 Å². The molecule has 0 saturated carbocycles. The van der Waals surface area contributed by atoms with Crippen LogP contribution in [0.15, 0.2) is 30.5 Å². The highest BCUT2D eigenvalue weighted by Gasteiger charge is 2.35. The summed E-state index contributed by atoms with van der Waals surface area (Å²) < 4.78 is 28.0. The number of rotatable bonds is 1. The van der Waals surface area contributed by atoms with Crippen molar-refractivity contribution in [2.24, 2.45) is 7.05 Å². The maximum absolute atomic E-state index is 14.7. The van der Waals surface area contributed by atoms with E-state index in [1.165, 1.54) is 6.07 Å². The lowest BCUT2D eigenvalue weighted by Gasteiger charge is -2.22. The molecule has 10 heteroatoms. The second kappa shape index (κ2) is 6.88. The normalized spacial score (nSPS) is 17.2. The zero-order valence-electron chi connectivity index (χ0n) is 15.8. The number of hydrogen-bond donors (Lipinski definition) is 1. The maximum Gasteiger partial charge on any atom is 0.413 e. The number of halogens is 2. The summed E-state index contributed by atoms with van der Waals surface area (Å²) in [6.07, 6.45) is 0.320. The first-order valence-corrected chi connectivity index (χ1v) is 9.58. The van der Waals surface area contributed by atoms with Crippen LogP contribution in [0, 0.1) is 5.82 Å². The zero-order valence-corrected chi connectivity index (χ0v) is 16.6. The van der Waals surface area contributed by atoms with Gasteiger partial charge in [0.2, 0.25) is 0 Å². The van der Waals surface area contributed by atoms with Crippen molar-refractivity contribution >= 4 is 23.5 Å². The van der Waals surface area contributed by atoms with E-state index in [4.69, 9.17) is 21.1 Å². The number of fused-ring (bicyclic) bond motifs is 1. The van der Waals surface area contributed by atoms with E-state index in [9.17, 15) is 14.3 Å². The fourth-order valence-electron chi connectivity index (χ4n) is 3.92. The van der Waals surface area contributed by atoms with Gasteiger partial charge in [-0.15, -0.1) is 0 Å². The van der Waals surface area contributed by atoms with E-state index >= 15 is 0 Å². The van der Waals surface area contributed by atoms with Gasteiger partial charge in [-0.05, 0) is 24.3 Å². The second-order valence-electron chi connectivity index (χ2n) is 7.11. The summed E-state index contributed by atoms with van der Waals surface area (Å²) in [7, 11) is 1.76. The molecule has 2 aliphatic heterocycles. The molecular weight excluding hydrogens is 415 g/mol. The average Bonchev–Trinajstić information content (AvgIpc) is 3.32. The fourth-order valence-corrected chi connectivity index (χ4v) is 4.15. The Morgan fingerprint density at radius 2 is 2.03 bits per heavy atom. The van der Waals surface area contributed by atoms with Gasteiger partial charge in [-0.3, -0.25) is 9.58 Å². The average molecular weight is 431 g/mol. The first-order valence-electron chi connectivity index (χ1n) is 9.20. The Kier molecular flexibility index (Phi) is 4.28. The first kappa shape index (κ1) is 18.7. The molecule has 1 atom stereocenters. The molecule has 4 heterocycles. The Labute approximate surface area is 175 Å². The Hall–Kier alpha value is -3.33. The van der Waals surface area contributed by atoms with Crippen LogP contribution in [0.5, 0.6) is 11.5 Å². The molecule has 0 aliphatic carbocycles. The first-order chi connectivity index (χ1) is 14.4. The third kappa shape index (κ3) is 2.85. The lowest BCUT2D eigenvalue weighted by Crippen LogP contribution is -2.30. The maximum atomic E-state index is 14.7. The molecule has 0 saturated heterocycles. The summed E-state index contributed by atoms with van der Waals surface area (Å²) in [5, 5.41) is 14.1. The van der Waals surface area contributed by atoms with Gasteiger partial charge < -0.3 is 14.6 Å². The SMILES string of the molecule is Cn1nccc1-c1cc2c(nc1Cl)N(C(=O)O)Cc1c(F)ccc3c1[C@@H](CO2)CO3. The van der Waals surface area contributed by atoms with Crippen LogP contribution in [0.4, 0.5) is 15.0 Å². The standard InChI is InChI=1S/C20H16ClFN4O4/c1-25-14(4-5-23-25)11-6-16-19(24-18(11)21)26(20(27)28)7-12-13(22)2-3-15-17(12)10(8-29-15)9-30-16/h2-6,10H,7-9H2,1H3,(H,27,28)/t10-/m1/s1. The van der Waals surface area contributed by atoms with Crippen LogP contribution in [-0.2, 0) is 13.6 Å². The highest BCUT2D eigenvalue weighted by molar-refractivity contribution is 6.32. The summed E-state index contributed by atoms with van der Waals surface area (Å²) in [6, 6.07) is 6.24. The van der Waals surface area contributed by atoms with Gasteiger partial charge in [0.1, 0.15) is 16.7 Å². The molecule has 0 radical (unpaired) electrons. The van der Waals surface area contributed by atoms with Crippen LogP contribution in [0.1, 0.15) is 17.0 Å². The topological polar surface area (TPSA) is 89.7 Å². The largest absolute Gasteiger partial charge is 0.493 e. The van der Waals surface area contributed by atoms with Gasteiger partial charge in [-0.1, -0.05) is 11.6 Å². The molecule has 2 aliphatic rings. The fraction of sp³-hybridized carbons (Fsp3) is 0.250. The predicted octanol–water partition coefficient (Wildman–Crippen LogP) is 3.83. The van der Waals surface area contributed by atoms with Gasteiger partial charge >= 0.3 is 6.09 Å². The van der Waals surface area contributed by atoms with Crippen LogP contribution in [0.25, 0.3) is 11.3 Å². The van der Waals surface area contributed by atoms with Crippen molar-refractivity contribution in [3.05, 3.63) is 52.6 Å². The molecule has 1 aromatic carbocycles. The molecule has 0 fully saturated rings. The van der Waals surface area contributed by atoms with E-state index in [1.54, 1.807) is 36.1 Å². The van der Waals surface area contributed by atoms with Crippen molar-refractivity contribution in [1.29, 1.82) is 0 Å². The molecule has 5 rings (SSSR count). The number of nitrogens with zero attached hydrogens (tertiary/aromatic N) is 4. The number of anilines is 1. The van der Waals surface area contributed by atoms with Crippen molar-refractivity contribution in [1.82, 2.24) is 14.8 Å². The number of benzene rings is 1. The molecule has 30 heavy (non-hydrogen) atoms. The zero-order chi connectivity index (χ0) is 21.0. The second-order valence-corrected chi connectivity index (χ2v) is 7.47. The lowest BCUT2D eigenvalue weighted by atomic mass is 9.95. The van der Waals surface area contributed by atoms with Crippen molar-refractivity contribution in [3.63, 3.8) is 0 Å². The van der Waals surface area contributed by atoms with E-state index in [0.29, 0.717) is 29.2 Å². The van der Waals surface area contributed by atoms with E-state index in [-0.39, 0.29) is 41.4 Å².